The van der Waals surface area contributed by atoms with E-state index in [1.165, 1.54) is 38.5 Å². The number of hydrogen-bond acceptors (Lipinski definition) is 15. The summed E-state index contributed by atoms with van der Waals surface area (Å²) < 4.78 is 68.5. The number of unbranched alkanes of at least 4 members (excludes halogenated alkanes) is 25. The summed E-state index contributed by atoms with van der Waals surface area (Å²) in [6, 6.07) is 0. The number of ether oxygens (including phenoxy) is 4. The van der Waals surface area contributed by atoms with E-state index in [4.69, 9.17) is 37.0 Å². The van der Waals surface area contributed by atoms with Crippen LogP contribution >= 0.6 is 15.6 Å². The van der Waals surface area contributed by atoms with E-state index in [2.05, 4.69) is 161 Å². The van der Waals surface area contributed by atoms with Gasteiger partial charge in [0.25, 0.3) is 0 Å². The molecule has 0 saturated carbocycles. The molecule has 0 fully saturated rings. The van der Waals surface area contributed by atoms with Crippen LogP contribution in [0.3, 0.4) is 0 Å². The summed E-state index contributed by atoms with van der Waals surface area (Å²) in [6.45, 7) is 4.45. The molecule has 0 radical (unpaired) electrons. The zero-order valence-corrected chi connectivity index (χ0v) is 65.5. The lowest BCUT2D eigenvalue weighted by Crippen LogP contribution is -2.30. The fourth-order valence-corrected chi connectivity index (χ4v) is 11.8. The molecule has 3 N–H and O–H groups in total. The molecule has 0 heterocycles. The Morgan fingerprint density at radius 3 is 0.814 bits per heavy atom. The highest BCUT2D eigenvalue weighted by Crippen LogP contribution is 2.45. The summed E-state index contributed by atoms with van der Waals surface area (Å²) in [4.78, 5) is 73.0. The Kier molecular flexibility index (Phi) is 71.0. The van der Waals surface area contributed by atoms with Crippen LogP contribution in [0.1, 0.15) is 310 Å². The minimum absolute atomic E-state index is 0.0370. The average molecular weight is 1470 g/mol. The van der Waals surface area contributed by atoms with Crippen molar-refractivity contribution in [2.24, 2.45) is 0 Å². The van der Waals surface area contributed by atoms with Crippen molar-refractivity contribution in [1.29, 1.82) is 0 Å². The number of carbonyl (C=O) groups is 4. The van der Waals surface area contributed by atoms with Crippen LogP contribution < -0.4 is 0 Å². The first-order valence-corrected chi connectivity index (χ1v) is 42.4. The summed E-state index contributed by atoms with van der Waals surface area (Å²) in [5, 5.41) is 10.6. The molecule has 0 rings (SSSR count). The third kappa shape index (κ3) is 73.5. The number of aliphatic hydroxyl groups is 1. The molecule has 0 spiro atoms. The van der Waals surface area contributed by atoms with Gasteiger partial charge in [-0.2, -0.15) is 0 Å². The fraction of sp³-hybridized carbons (Fsp3) is 0.687. The molecule has 0 aromatic carbocycles. The van der Waals surface area contributed by atoms with E-state index < -0.39 is 97.5 Å². The first-order chi connectivity index (χ1) is 49.7. The molecule has 5 atom stereocenters. The van der Waals surface area contributed by atoms with E-state index in [0.29, 0.717) is 32.1 Å². The van der Waals surface area contributed by atoms with Crippen LogP contribution in [0.4, 0.5) is 0 Å². The zero-order valence-electron chi connectivity index (χ0n) is 63.7. The summed E-state index contributed by atoms with van der Waals surface area (Å²) in [6.07, 6.45) is 82.9. The van der Waals surface area contributed by atoms with Crippen molar-refractivity contribution in [3.63, 3.8) is 0 Å². The SMILES string of the molecule is CC/C=C\C/C=C\C/C=C\C/C=C\CCCCC(=O)OC(COC(=O)CCCCCCCCC/C=C\C/C=C\C/C=C\CC)COP(=O)(O)OCC(O)COP(=O)(O)OCC(COC(=O)CCCCCCC/C=C\C/C=C\C/C=C\CC)OC(=O)CCCCCCC/C=C\CCCCCCCC. The number of esters is 4. The first-order valence-electron chi connectivity index (χ1n) is 39.4. The zero-order chi connectivity index (χ0) is 74.6. The molecular weight excluding hydrogens is 1330 g/mol. The lowest BCUT2D eigenvalue weighted by molar-refractivity contribution is -0.161. The minimum atomic E-state index is -4.99. The predicted octanol–water partition coefficient (Wildman–Crippen LogP) is 22.9. The van der Waals surface area contributed by atoms with Crippen molar-refractivity contribution in [3.05, 3.63) is 134 Å². The van der Waals surface area contributed by atoms with E-state index in [1.54, 1.807) is 0 Å². The lowest BCUT2D eigenvalue weighted by Gasteiger charge is -2.21. The summed E-state index contributed by atoms with van der Waals surface area (Å²) in [5.41, 5.74) is 0. The monoisotopic (exact) mass is 1470 g/mol. The largest absolute Gasteiger partial charge is 0.472 e. The van der Waals surface area contributed by atoms with Crippen LogP contribution in [-0.4, -0.2) is 96.7 Å². The minimum Gasteiger partial charge on any atom is -0.462 e. The molecule has 0 aliphatic carbocycles. The van der Waals surface area contributed by atoms with Crippen molar-refractivity contribution in [1.82, 2.24) is 0 Å². The fourth-order valence-electron chi connectivity index (χ4n) is 10.2. The van der Waals surface area contributed by atoms with E-state index in [9.17, 15) is 43.2 Å². The van der Waals surface area contributed by atoms with Gasteiger partial charge in [0.1, 0.15) is 19.3 Å². The van der Waals surface area contributed by atoms with Gasteiger partial charge in [-0.05, 0) is 154 Å². The third-order valence-electron chi connectivity index (χ3n) is 16.1. The van der Waals surface area contributed by atoms with Crippen molar-refractivity contribution < 1.29 is 80.2 Å². The molecule has 17 nitrogen and oxygen atoms in total. The number of hydrogen-bond donors (Lipinski definition) is 3. The normalized spacial score (nSPS) is 14.6. The molecule has 0 aliphatic heterocycles. The van der Waals surface area contributed by atoms with Crippen molar-refractivity contribution in [2.45, 2.75) is 329 Å². The first kappa shape index (κ1) is 97.2. The summed E-state index contributed by atoms with van der Waals surface area (Å²) in [7, 11) is -9.98. The highest BCUT2D eigenvalue weighted by Gasteiger charge is 2.30. The number of carbonyl (C=O) groups excluding carboxylic acids is 4. The molecular formula is C83H140O17P2. The number of allylic oxidation sites excluding steroid dienone is 22. The van der Waals surface area contributed by atoms with E-state index in [0.717, 1.165) is 186 Å². The highest BCUT2D eigenvalue weighted by atomic mass is 31.2. The van der Waals surface area contributed by atoms with Gasteiger partial charge >= 0.3 is 39.5 Å². The van der Waals surface area contributed by atoms with E-state index in [-0.39, 0.29) is 25.7 Å². The van der Waals surface area contributed by atoms with Crippen LogP contribution in [0.15, 0.2) is 134 Å². The maximum Gasteiger partial charge on any atom is 0.472 e. The molecule has 0 aliphatic rings. The number of phosphoric ester groups is 2. The Morgan fingerprint density at radius 2 is 0.510 bits per heavy atom. The average Bonchev–Trinajstić information content (AvgIpc) is 0.919. The topological polar surface area (TPSA) is 237 Å². The second-order valence-electron chi connectivity index (χ2n) is 25.9. The van der Waals surface area contributed by atoms with Gasteiger partial charge < -0.3 is 33.8 Å². The quantitative estimate of drug-likeness (QED) is 0.0169. The molecule has 0 aromatic rings. The molecule has 102 heavy (non-hydrogen) atoms. The van der Waals surface area contributed by atoms with Gasteiger partial charge in [-0.25, -0.2) is 9.13 Å². The van der Waals surface area contributed by atoms with Crippen molar-refractivity contribution >= 4 is 39.5 Å². The smallest absolute Gasteiger partial charge is 0.462 e. The Bertz CT molecular complexity index is 2460. The van der Waals surface area contributed by atoms with Crippen LogP contribution in [0.5, 0.6) is 0 Å². The van der Waals surface area contributed by atoms with E-state index >= 15 is 0 Å². The van der Waals surface area contributed by atoms with Crippen LogP contribution in [-0.2, 0) is 65.4 Å². The Labute approximate surface area is 618 Å². The third-order valence-corrected chi connectivity index (χ3v) is 18.0. The van der Waals surface area contributed by atoms with Crippen LogP contribution in [0.25, 0.3) is 0 Å². The van der Waals surface area contributed by atoms with Gasteiger partial charge in [-0.15, -0.1) is 0 Å². The lowest BCUT2D eigenvalue weighted by atomic mass is 10.1. The van der Waals surface area contributed by atoms with Gasteiger partial charge in [-0.1, -0.05) is 264 Å². The standard InChI is InChI=1S/C83H140O17P2/c1-5-9-13-17-21-25-29-33-37-38-42-44-48-52-56-60-64-68-81(86)94-74-79(100-83(88)70-66-62-58-54-50-46-41-36-32-28-24-20-16-12-8-4)76-98-102(91,92)96-72-77(84)71-95-101(89,90)97-75-78(99-82(87)69-65-61-57-53-49-45-40-35-31-27-23-19-15-11-7-3)73-93-80(85)67-63-59-55-51-47-43-39-34-30-26-22-18-14-10-6-2/h9-10,12-14,16,21-22,24-26,28,33-37,39-41,50,54,77-79,84H,5-8,11,15,17-20,23,27,29-32,38,42-49,51-53,55-76H2,1-4H3,(H,89,90)(H,91,92)/b13-9-,14-10-,16-12-,25-21-,26-22-,28-24-,37-33-,39-34-,40-35-,41-36-,54-50-. The van der Waals surface area contributed by atoms with Gasteiger partial charge in [0, 0.05) is 25.7 Å². The van der Waals surface area contributed by atoms with Crippen molar-refractivity contribution in [2.75, 3.05) is 39.6 Å². The van der Waals surface area contributed by atoms with Crippen molar-refractivity contribution in [3.8, 4) is 0 Å². The van der Waals surface area contributed by atoms with Gasteiger partial charge in [0.05, 0.1) is 26.4 Å². The highest BCUT2D eigenvalue weighted by molar-refractivity contribution is 7.47. The number of rotatable bonds is 73. The van der Waals surface area contributed by atoms with Gasteiger partial charge in [0.15, 0.2) is 12.2 Å². The molecule has 0 aromatic heterocycles. The second-order valence-corrected chi connectivity index (χ2v) is 28.8. The number of phosphoric acid groups is 2. The second kappa shape index (κ2) is 74.5. The molecule has 19 heteroatoms. The number of aliphatic hydroxyl groups excluding tert-OH is 1. The molecule has 0 bridgehead atoms. The Hall–Kier alpha value is -4.80. The molecule has 584 valence electrons. The molecule has 5 unspecified atom stereocenters. The maximum absolute atomic E-state index is 13.1. The molecule has 0 saturated heterocycles. The summed E-state index contributed by atoms with van der Waals surface area (Å²) >= 11 is 0. The van der Waals surface area contributed by atoms with E-state index in [1.807, 2.05) is 0 Å². The maximum atomic E-state index is 13.1. The molecule has 0 amide bonds. The Balaban J connectivity index is 5.42. The summed E-state index contributed by atoms with van der Waals surface area (Å²) in [5.74, 6) is -2.26. The Morgan fingerprint density at radius 1 is 0.284 bits per heavy atom. The van der Waals surface area contributed by atoms with Gasteiger partial charge in [0.2, 0.25) is 0 Å². The predicted molar refractivity (Wildman–Crippen MR) is 418 cm³/mol. The van der Waals surface area contributed by atoms with Gasteiger partial charge in [-0.3, -0.25) is 37.3 Å². The van der Waals surface area contributed by atoms with Crippen LogP contribution in [0.2, 0.25) is 0 Å². The van der Waals surface area contributed by atoms with Crippen LogP contribution in [0, 0.1) is 0 Å².